The molecule has 1 aromatic carbocycles. The molecule has 1 aliphatic heterocycles. The Balaban J connectivity index is 1.80. The number of ether oxygens (including phenoxy) is 3. The summed E-state index contributed by atoms with van der Waals surface area (Å²) in [5.74, 6) is 0.330. The van der Waals surface area contributed by atoms with Gasteiger partial charge in [0.1, 0.15) is 5.60 Å². The number of nitro groups is 1. The van der Waals surface area contributed by atoms with Gasteiger partial charge in [-0.2, -0.15) is 0 Å². The molecule has 142 valence electrons. The van der Waals surface area contributed by atoms with Crippen molar-refractivity contribution in [3.63, 3.8) is 0 Å². The van der Waals surface area contributed by atoms with Gasteiger partial charge in [-0.05, 0) is 51.3 Å². The number of esters is 1. The molecule has 7 nitrogen and oxygen atoms in total. The fraction of sp³-hybridized carbons (Fsp3) is 0.632. The van der Waals surface area contributed by atoms with Crippen LogP contribution in [0, 0.1) is 16.0 Å². The Kier molecular flexibility index (Phi) is 5.07. The molecule has 0 aromatic heterocycles. The van der Waals surface area contributed by atoms with Gasteiger partial charge >= 0.3 is 5.97 Å². The third-order valence-corrected chi connectivity index (χ3v) is 4.90. The highest BCUT2D eigenvalue weighted by Gasteiger charge is 2.44. The Morgan fingerprint density at radius 1 is 1.27 bits per heavy atom. The van der Waals surface area contributed by atoms with E-state index in [9.17, 15) is 14.9 Å². The first-order chi connectivity index (χ1) is 12.2. The van der Waals surface area contributed by atoms with Crippen molar-refractivity contribution >= 4 is 5.97 Å². The van der Waals surface area contributed by atoms with E-state index in [2.05, 4.69) is 0 Å². The zero-order valence-electron chi connectivity index (χ0n) is 15.4. The summed E-state index contributed by atoms with van der Waals surface area (Å²) in [6, 6.07) is 4.69. The van der Waals surface area contributed by atoms with Crippen LogP contribution >= 0.6 is 0 Å². The Labute approximate surface area is 152 Å². The van der Waals surface area contributed by atoms with E-state index in [-0.39, 0.29) is 35.9 Å². The summed E-state index contributed by atoms with van der Waals surface area (Å²) in [5, 5.41) is 11.8. The standard InChI is InChI=1S/C19H25NO6/c1-19(2,3)26-17(21)10-13-5-4-6-14(18(13)20(22)23)12-7-8-15-16(9-12)25-11-24-15/h7-9,13-14,18H,4-6,10-11H2,1-3H3/t13-,14+,18-/m1/s1. The molecule has 0 amide bonds. The highest BCUT2D eigenvalue weighted by molar-refractivity contribution is 5.70. The second-order valence-corrected chi connectivity index (χ2v) is 7.98. The molecular formula is C19H25NO6. The molecule has 0 bridgehead atoms. The Bertz CT molecular complexity index is 696. The number of fused-ring (bicyclic) bond motifs is 1. The number of hydrogen-bond donors (Lipinski definition) is 0. The number of rotatable bonds is 4. The first-order valence-corrected chi connectivity index (χ1v) is 8.99. The molecule has 0 saturated heterocycles. The normalized spacial score (nSPS) is 25.0. The maximum Gasteiger partial charge on any atom is 0.306 e. The molecule has 0 unspecified atom stereocenters. The lowest BCUT2D eigenvalue weighted by molar-refractivity contribution is -0.539. The number of nitrogens with zero attached hydrogens (tertiary/aromatic N) is 1. The minimum Gasteiger partial charge on any atom is -0.460 e. The van der Waals surface area contributed by atoms with Gasteiger partial charge < -0.3 is 14.2 Å². The molecule has 2 aliphatic rings. The molecule has 1 aromatic rings. The molecule has 26 heavy (non-hydrogen) atoms. The third-order valence-electron chi connectivity index (χ3n) is 4.90. The van der Waals surface area contributed by atoms with Crippen LogP contribution in [0.15, 0.2) is 18.2 Å². The lowest BCUT2D eigenvalue weighted by Gasteiger charge is -2.32. The van der Waals surface area contributed by atoms with Gasteiger partial charge in [0, 0.05) is 10.8 Å². The van der Waals surface area contributed by atoms with Gasteiger partial charge in [0.2, 0.25) is 12.8 Å². The monoisotopic (exact) mass is 363 g/mol. The van der Waals surface area contributed by atoms with Crippen LogP contribution in [-0.2, 0) is 9.53 Å². The number of benzene rings is 1. The second kappa shape index (κ2) is 7.13. The van der Waals surface area contributed by atoms with Gasteiger partial charge in [-0.25, -0.2) is 0 Å². The van der Waals surface area contributed by atoms with Crippen molar-refractivity contribution in [3.8, 4) is 11.5 Å². The maximum absolute atomic E-state index is 12.2. The van der Waals surface area contributed by atoms with E-state index in [1.165, 1.54) is 0 Å². The van der Waals surface area contributed by atoms with Gasteiger partial charge in [0.15, 0.2) is 11.5 Å². The van der Waals surface area contributed by atoms with Crippen LogP contribution < -0.4 is 9.47 Å². The second-order valence-electron chi connectivity index (χ2n) is 7.98. The largest absolute Gasteiger partial charge is 0.460 e. The Morgan fingerprint density at radius 2 is 2.00 bits per heavy atom. The van der Waals surface area contributed by atoms with Crippen molar-refractivity contribution in [3.05, 3.63) is 33.9 Å². The quantitative estimate of drug-likeness (QED) is 0.461. The van der Waals surface area contributed by atoms with E-state index < -0.39 is 11.6 Å². The smallest absolute Gasteiger partial charge is 0.306 e. The van der Waals surface area contributed by atoms with Crippen molar-refractivity contribution in [2.75, 3.05) is 6.79 Å². The fourth-order valence-corrected chi connectivity index (χ4v) is 3.92. The molecular weight excluding hydrogens is 338 g/mol. The maximum atomic E-state index is 12.2. The van der Waals surface area contributed by atoms with Gasteiger partial charge in [-0.15, -0.1) is 0 Å². The van der Waals surface area contributed by atoms with E-state index in [4.69, 9.17) is 14.2 Å². The van der Waals surface area contributed by atoms with E-state index in [1.807, 2.05) is 12.1 Å². The third kappa shape index (κ3) is 4.08. The SMILES string of the molecule is CC(C)(C)OC(=O)C[C@H]1CCC[C@@H](c2ccc3c(c2)OCO3)[C@@H]1[N+](=O)[O-]. The van der Waals surface area contributed by atoms with E-state index >= 15 is 0 Å². The molecule has 3 atom stereocenters. The predicted octanol–water partition coefficient (Wildman–Crippen LogP) is 3.68. The van der Waals surface area contributed by atoms with Gasteiger partial charge in [0.05, 0.1) is 12.3 Å². The summed E-state index contributed by atoms with van der Waals surface area (Å²) in [7, 11) is 0. The molecule has 0 N–H and O–H groups in total. The molecule has 1 saturated carbocycles. The Morgan fingerprint density at radius 3 is 2.69 bits per heavy atom. The van der Waals surface area contributed by atoms with Crippen LogP contribution in [0.4, 0.5) is 0 Å². The van der Waals surface area contributed by atoms with Crippen molar-refractivity contribution in [2.45, 2.75) is 64.0 Å². The van der Waals surface area contributed by atoms with Crippen LogP contribution in [0.5, 0.6) is 11.5 Å². The lowest BCUT2D eigenvalue weighted by atomic mass is 9.73. The van der Waals surface area contributed by atoms with Crippen LogP contribution in [0.3, 0.4) is 0 Å². The number of carbonyl (C=O) groups is 1. The summed E-state index contributed by atoms with van der Waals surface area (Å²) in [6.45, 7) is 5.56. The molecule has 3 rings (SSSR count). The zero-order chi connectivity index (χ0) is 18.9. The van der Waals surface area contributed by atoms with Crippen molar-refractivity contribution in [1.29, 1.82) is 0 Å². The zero-order valence-corrected chi connectivity index (χ0v) is 15.4. The fourth-order valence-electron chi connectivity index (χ4n) is 3.92. The molecule has 7 heteroatoms. The molecule has 0 spiro atoms. The average molecular weight is 363 g/mol. The molecule has 0 radical (unpaired) electrons. The van der Waals surface area contributed by atoms with E-state index in [0.717, 1.165) is 18.4 Å². The first kappa shape index (κ1) is 18.5. The topological polar surface area (TPSA) is 87.9 Å². The van der Waals surface area contributed by atoms with Crippen LogP contribution in [0.25, 0.3) is 0 Å². The first-order valence-electron chi connectivity index (χ1n) is 8.99. The highest BCUT2D eigenvalue weighted by Crippen LogP contribution is 2.43. The van der Waals surface area contributed by atoms with Crippen LogP contribution in [0.1, 0.15) is 57.9 Å². The van der Waals surface area contributed by atoms with Crippen molar-refractivity contribution in [2.24, 2.45) is 5.92 Å². The van der Waals surface area contributed by atoms with Crippen molar-refractivity contribution in [1.82, 2.24) is 0 Å². The summed E-state index contributed by atoms with van der Waals surface area (Å²) in [6.07, 6.45) is 2.29. The van der Waals surface area contributed by atoms with Crippen LogP contribution in [-0.4, -0.2) is 29.3 Å². The average Bonchev–Trinajstić information content (AvgIpc) is 2.99. The van der Waals surface area contributed by atoms with Crippen molar-refractivity contribution < 1.29 is 23.9 Å². The van der Waals surface area contributed by atoms with Gasteiger partial charge in [-0.1, -0.05) is 12.5 Å². The van der Waals surface area contributed by atoms with Crippen LogP contribution in [0.2, 0.25) is 0 Å². The summed E-state index contributed by atoms with van der Waals surface area (Å²) in [5.41, 5.74) is 0.275. The van der Waals surface area contributed by atoms with Gasteiger partial charge in [0.25, 0.3) is 0 Å². The minimum atomic E-state index is -0.809. The number of carbonyl (C=O) groups excluding carboxylic acids is 1. The molecule has 1 heterocycles. The van der Waals surface area contributed by atoms with E-state index in [0.29, 0.717) is 17.9 Å². The highest BCUT2D eigenvalue weighted by atomic mass is 16.7. The number of hydrogen-bond acceptors (Lipinski definition) is 6. The lowest BCUT2D eigenvalue weighted by Crippen LogP contribution is -2.40. The molecule has 1 aliphatic carbocycles. The van der Waals surface area contributed by atoms with E-state index in [1.54, 1.807) is 26.8 Å². The predicted molar refractivity (Wildman–Crippen MR) is 93.9 cm³/mol. The summed E-state index contributed by atoms with van der Waals surface area (Å²) < 4.78 is 16.1. The summed E-state index contributed by atoms with van der Waals surface area (Å²) in [4.78, 5) is 23.8. The minimum absolute atomic E-state index is 0.0734. The molecule has 1 fully saturated rings. The summed E-state index contributed by atoms with van der Waals surface area (Å²) >= 11 is 0. The Hall–Kier alpha value is -2.31. The van der Waals surface area contributed by atoms with Gasteiger partial charge in [-0.3, -0.25) is 14.9 Å².